The van der Waals surface area contributed by atoms with E-state index < -0.39 is 12.0 Å². The number of hydrogen-bond acceptors (Lipinski definition) is 3. The van der Waals surface area contributed by atoms with Crippen LogP contribution in [0.25, 0.3) is 0 Å². The van der Waals surface area contributed by atoms with E-state index in [1.54, 1.807) is 12.1 Å². The van der Waals surface area contributed by atoms with Gasteiger partial charge in [0.1, 0.15) is 0 Å². The molecule has 0 heterocycles. The zero-order valence-corrected chi connectivity index (χ0v) is 9.70. The standard InChI is InChI=1S/C12H13ClO3/c1-16-12(15)9-5-3-7-2-4-8(13)6-10(7)11(9)14/h2,4,6,9,11,14H,3,5H2,1H3. The lowest BCUT2D eigenvalue weighted by Crippen LogP contribution is -2.28. The van der Waals surface area contributed by atoms with E-state index in [9.17, 15) is 9.90 Å². The summed E-state index contributed by atoms with van der Waals surface area (Å²) in [5.41, 5.74) is 1.80. The van der Waals surface area contributed by atoms with E-state index in [4.69, 9.17) is 11.6 Å². The molecule has 3 nitrogen and oxygen atoms in total. The molecular formula is C12H13ClO3. The van der Waals surface area contributed by atoms with Gasteiger partial charge in [0.25, 0.3) is 0 Å². The number of methoxy groups -OCH3 is 1. The number of rotatable bonds is 1. The van der Waals surface area contributed by atoms with Gasteiger partial charge in [-0.05, 0) is 36.1 Å². The number of hydrogen-bond donors (Lipinski definition) is 1. The van der Waals surface area contributed by atoms with E-state index in [0.717, 1.165) is 17.5 Å². The van der Waals surface area contributed by atoms with Crippen molar-refractivity contribution in [3.8, 4) is 0 Å². The Hall–Kier alpha value is -1.06. The molecule has 0 bridgehead atoms. The number of ether oxygens (including phenoxy) is 1. The van der Waals surface area contributed by atoms with Crippen LogP contribution in [0.2, 0.25) is 5.02 Å². The van der Waals surface area contributed by atoms with Crippen LogP contribution in [-0.2, 0) is 16.0 Å². The van der Waals surface area contributed by atoms with Crippen LogP contribution in [0.3, 0.4) is 0 Å². The first kappa shape index (κ1) is 11.4. The molecule has 0 amide bonds. The molecule has 1 N–H and O–H groups in total. The van der Waals surface area contributed by atoms with Crippen molar-refractivity contribution in [1.29, 1.82) is 0 Å². The number of esters is 1. The van der Waals surface area contributed by atoms with Gasteiger partial charge in [0.2, 0.25) is 0 Å². The van der Waals surface area contributed by atoms with Gasteiger partial charge in [-0.2, -0.15) is 0 Å². The number of carbonyl (C=O) groups is 1. The summed E-state index contributed by atoms with van der Waals surface area (Å²) in [7, 11) is 1.34. The Bertz CT molecular complexity index is 417. The lowest BCUT2D eigenvalue weighted by molar-refractivity contribution is -0.150. The molecule has 0 spiro atoms. The fourth-order valence-corrected chi connectivity index (χ4v) is 2.33. The maximum atomic E-state index is 11.5. The van der Waals surface area contributed by atoms with Crippen LogP contribution in [0.5, 0.6) is 0 Å². The highest BCUT2D eigenvalue weighted by Crippen LogP contribution is 2.36. The second kappa shape index (κ2) is 4.44. The van der Waals surface area contributed by atoms with E-state index in [-0.39, 0.29) is 5.97 Å². The summed E-state index contributed by atoms with van der Waals surface area (Å²) in [6, 6.07) is 5.41. The van der Waals surface area contributed by atoms with Gasteiger partial charge < -0.3 is 9.84 Å². The fraction of sp³-hybridized carbons (Fsp3) is 0.417. The summed E-state index contributed by atoms with van der Waals surface area (Å²) in [6.07, 6.45) is 0.570. The van der Waals surface area contributed by atoms with Crippen molar-refractivity contribution in [1.82, 2.24) is 0 Å². The van der Waals surface area contributed by atoms with Gasteiger partial charge in [-0.1, -0.05) is 17.7 Å². The van der Waals surface area contributed by atoms with Crippen LogP contribution in [0.15, 0.2) is 18.2 Å². The Labute approximate surface area is 99.0 Å². The molecule has 0 aromatic heterocycles. The van der Waals surface area contributed by atoms with E-state index in [0.29, 0.717) is 11.4 Å². The molecule has 0 aliphatic heterocycles. The highest BCUT2D eigenvalue weighted by molar-refractivity contribution is 6.30. The smallest absolute Gasteiger partial charge is 0.311 e. The molecule has 1 aromatic rings. The van der Waals surface area contributed by atoms with E-state index >= 15 is 0 Å². The molecule has 0 saturated carbocycles. The number of aliphatic hydroxyl groups is 1. The molecular weight excluding hydrogens is 228 g/mol. The van der Waals surface area contributed by atoms with Gasteiger partial charge in [0.15, 0.2) is 0 Å². The third-order valence-corrected chi connectivity index (χ3v) is 3.27. The highest BCUT2D eigenvalue weighted by Gasteiger charge is 2.33. The van der Waals surface area contributed by atoms with Gasteiger partial charge in [0.05, 0.1) is 19.1 Å². The monoisotopic (exact) mass is 240 g/mol. The average molecular weight is 241 g/mol. The summed E-state index contributed by atoms with van der Waals surface area (Å²) < 4.78 is 4.67. The second-order valence-electron chi connectivity index (χ2n) is 3.96. The van der Waals surface area contributed by atoms with Crippen LogP contribution in [0.4, 0.5) is 0 Å². The number of aliphatic hydroxyl groups excluding tert-OH is 1. The highest BCUT2D eigenvalue weighted by atomic mass is 35.5. The van der Waals surface area contributed by atoms with Gasteiger partial charge >= 0.3 is 5.97 Å². The predicted molar refractivity (Wildman–Crippen MR) is 60.2 cm³/mol. The van der Waals surface area contributed by atoms with Crippen LogP contribution >= 0.6 is 11.6 Å². The van der Waals surface area contributed by atoms with Crippen molar-refractivity contribution in [2.45, 2.75) is 18.9 Å². The molecule has 2 atom stereocenters. The number of benzene rings is 1. The third kappa shape index (κ3) is 1.93. The van der Waals surface area contributed by atoms with Crippen molar-refractivity contribution in [2.75, 3.05) is 7.11 Å². The lowest BCUT2D eigenvalue weighted by atomic mass is 9.81. The number of fused-ring (bicyclic) bond motifs is 1. The Morgan fingerprint density at radius 2 is 2.31 bits per heavy atom. The summed E-state index contributed by atoms with van der Waals surface area (Å²) in [4.78, 5) is 11.5. The summed E-state index contributed by atoms with van der Waals surface area (Å²) >= 11 is 5.88. The maximum absolute atomic E-state index is 11.5. The SMILES string of the molecule is COC(=O)C1CCc2ccc(Cl)cc2C1O. The van der Waals surface area contributed by atoms with E-state index in [1.165, 1.54) is 7.11 Å². The largest absolute Gasteiger partial charge is 0.469 e. The molecule has 0 fully saturated rings. The summed E-state index contributed by atoms with van der Waals surface area (Å²) in [5, 5.41) is 10.7. The second-order valence-corrected chi connectivity index (χ2v) is 4.39. The van der Waals surface area contributed by atoms with Crippen LogP contribution in [0, 0.1) is 5.92 Å². The van der Waals surface area contributed by atoms with E-state index in [2.05, 4.69) is 4.74 Å². The van der Waals surface area contributed by atoms with Gasteiger partial charge in [0, 0.05) is 5.02 Å². The van der Waals surface area contributed by atoms with Crippen molar-refractivity contribution in [2.24, 2.45) is 5.92 Å². The Kier molecular flexibility index (Phi) is 3.17. The molecule has 0 radical (unpaired) electrons. The fourth-order valence-electron chi connectivity index (χ4n) is 2.15. The quantitative estimate of drug-likeness (QED) is 0.765. The normalized spacial score (nSPS) is 23.7. The molecule has 1 aromatic carbocycles. The minimum atomic E-state index is -0.810. The number of carbonyl (C=O) groups excluding carboxylic acids is 1. The maximum Gasteiger partial charge on any atom is 0.311 e. The first-order chi connectivity index (χ1) is 7.63. The molecule has 1 aliphatic carbocycles. The molecule has 2 unspecified atom stereocenters. The molecule has 16 heavy (non-hydrogen) atoms. The van der Waals surface area contributed by atoms with E-state index in [1.807, 2.05) is 6.07 Å². The molecule has 1 aliphatic rings. The van der Waals surface area contributed by atoms with Crippen LogP contribution in [0.1, 0.15) is 23.7 Å². The topological polar surface area (TPSA) is 46.5 Å². The van der Waals surface area contributed by atoms with Crippen molar-refractivity contribution in [3.05, 3.63) is 34.3 Å². The average Bonchev–Trinajstić information content (AvgIpc) is 2.29. The molecule has 86 valence electrons. The summed E-state index contributed by atoms with van der Waals surface area (Å²) in [5.74, 6) is -0.839. The van der Waals surface area contributed by atoms with Gasteiger partial charge in [-0.25, -0.2) is 0 Å². The minimum absolute atomic E-state index is 0.363. The Balaban J connectivity index is 2.34. The summed E-state index contributed by atoms with van der Waals surface area (Å²) in [6.45, 7) is 0. The predicted octanol–water partition coefficient (Wildman–Crippen LogP) is 2.11. The molecule has 4 heteroatoms. The Morgan fingerprint density at radius 1 is 1.56 bits per heavy atom. The zero-order valence-electron chi connectivity index (χ0n) is 8.94. The minimum Gasteiger partial charge on any atom is -0.469 e. The zero-order chi connectivity index (χ0) is 11.7. The van der Waals surface area contributed by atoms with Gasteiger partial charge in [-0.3, -0.25) is 4.79 Å². The first-order valence-corrected chi connectivity index (χ1v) is 5.55. The Morgan fingerprint density at radius 3 is 3.00 bits per heavy atom. The first-order valence-electron chi connectivity index (χ1n) is 5.17. The van der Waals surface area contributed by atoms with Crippen molar-refractivity contribution in [3.63, 3.8) is 0 Å². The van der Waals surface area contributed by atoms with Crippen LogP contribution in [-0.4, -0.2) is 18.2 Å². The number of halogens is 1. The third-order valence-electron chi connectivity index (χ3n) is 3.04. The van der Waals surface area contributed by atoms with Gasteiger partial charge in [-0.15, -0.1) is 0 Å². The van der Waals surface area contributed by atoms with Crippen molar-refractivity contribution >= 4 is 17.6 Å². The molecule has 2 rings (SSSR count). The van der Waals surface area contributed by atoms with Crippen LogP contribution < -0.4 is 0 Å². The van der Waals surface area contributed by atoms with Crippen molar-refractivity contribution < 1.29 is 14.6 Å². The lowest BCUT2D eigenvalue weighted by Gasteiger charge is -2.28. The molecule has 0 saturated heterocycles. The number of aryl methyl sites for hydroxylation is 1.